The first-order valence-electron chi connectivity index (χ1n) is 6.67. The number of likely N-dealkylation sites (tertiary alicyclic amines) is 1. The molecule has 0 aromatic carbocycles. The molecule has 2 amide bonds. The molecule has 1 saturated heterocycles. The highest BCUT2D eigenvalue weighted by molar-refractivity contribution is 5.83. The first-order valence-corrected chi connectivity index (χ1v) is 6.67. The minimum Gasteiger partial charge on any atom is -0.472 e. The Bertz CT molecular complexity index is 504. The highest BCUT2D eigenvalue weighted by atomic mass is 16.5. The number of amides is 2. The van der Waals surface area contributed by atoms with Gasteiger partial charge in [0.05, 0.1) is 13.1 Å². The summed E-state index contributed by atoms with van der Waals surface area (Å²) in [6.07, 6.45) is 0.743. The summed E-state index contributed by atoms with van der Waals surface area (Å²) < 4.78 is 5.77. The molecule has 108 valence electrons. The first-order chi connectivity index (χ1) is 9.54. The summed E-state index contributed by atoms with van der Waals surface area (Å²) in [5.41, 5.74) is 0.902. The minimum atomic E-state index is -0.200. The lowest BCUT2D eigenvalue weighted by Crippen LogP contribution is -2.39. The van der Waals surface area contributed by atoms with Crippen LogP contribution in [0.4, 0.5) is 0 Å². The maximum Gasteiger partial charge on any atom is 0.242 e. The second-order valence-corrected chi connectivity index (χ2v) is 4.90. The van der Waals surface area contributed by atoms with Gasteiger partial charge in [-0.25, -0.2) is 4.98 Å². The quantitative estimate of drug-likeness (QED) is 0.870. The predicted molar refractivity (Wildman–Crippen MR) is 73.3 cm³/mol. The molecule has 1 aliphatic rings. The van der Waals surface area contributed by atoms with E-state index < -0.39 is 0 Å². The number of ether oxygens (including phenoxy) is 1. The molecule has 0 aliphatic carbocycles. The molecule has 1 atom stereocenters. The number of carbonyl (C=O) groups is 2. The standard InChI is InChI=1S/C14H19N3O3/c1-10-4-3-5-13(16-10)20-12-6-7-17(9-12)14(19)8-15-11(2)18/h3-5,12H,6-9H2,1-2H3,(H,15,18)/t12-/m0/s1. The number of hydrogen-bond acceptors (Lipinski definition) is 4. The lowest BCUT2D eigenvalue weighted by molar-refractivity contribution is -0.131. The fraction of sp³-hybridized carbons (Fsp3) is 0.500. The maximum atomic E-state index is 11.8. The lowest BCUT2D eigenvalue weighted by atomic mass is 10.3. The second-order valence-electron chi connectivity index (χ2n) is 4.90. The van der Waals surface area contributed by atoms with E-state index in [4.69, 9.17) is 4.74 Å². The van der Waals surface area contributed by atoms with Gasteiger partial charge in [-0.3, -0.25) is 9.59 Å². The largest absolute Gasteiger partial charge is 0.472 e. The third kappa shape index (κ3) is 3.94. The SMILES string of the molecule is CC(=O)NCC(=O)N1CC[C@H](Oc2cccc(C)n2)C1. The van der Waals surface area contributed by atoms with Gasteiger partial charge in [0.15, 0.2) is 0 Å². The Balaban J connectivity index is 1.83. The molecule has 0 bridgehead atoms. The van der Waals surface area contributed by atoms with E-state index in [0.29, 0.717) is 19.0 Å². The van der Waals surface area contributed by atoms with Crippen molar-refractivity contribution in [2.24, 2.45) is 0 Å². The van der Waals surface area contributed by atoms with Gasteiger partial charge in [-0.05, 0) is 13.0 Å². The van der Waals surface area contributed by atoms with E-state index in [1.165, 1.54) is 6.92 Å². The summed E-state index contributed by atoms with van der Waals surface area (Å²) in [6.45, 7) is 4.53. The van der Waals surface area contributed by atoms with Crippen LogP contribution in [0, 0.1) is 6.92 Å². The Morgan fingerprint density at radius 3 is 3.00 bits per heavy atom. The highest BCUT2D eigenvalue weighted by Crippen LogP contribution is 2.16. The van der Waals surface area contributed by atoms with Gasteiger partial charge >= 0.3 is 0 Å². The van der Waals surface area contributed by atoms with E-state index in [1.54, 1.807) is 4.90 Å². The van der Waals surface area contributed by atoms with Gasteiger partial charge in [0, 0.05) is 31.6 Å². The number of carbonyl (C=O) groups excluding carboxylic acids is 2. The Kier molecular flexibility index (Phi) is 4.55. The Morgan fingerprint density at radius 2 is 2.30 bits per heavy atom. The Morgan fingerprint density at radius 1 is 1.50 bits per heavy atom. The van der Waals surface area contributed by atoms with Crippen LogP contribution in [0.5, 0.6) is 5.88 Å². The zero-order valence-electron chi connectivity index (χ0n) is 11.8. The van der Waals surface area contributed by atoms with E-state index in [0.717, 1.165) is 12.1 Å². The van der Waals surface area contributed by atoms with Crippen LogP contribution in [-0.2, 0) is 9.59 Å². The number of rotatable bonds is 4. The number of nitrogens with one attached hydrogen (secondary N) is 1. The summed E-state index contributed by atoms with van der Waals surface area (Å²) >= 11 is 0. The summed E-state index contributed by atoms with van der Waals surface area (Å²) in [5, 5.41) is 2.51. The van der Waals surface area contributed by atoms with Crippen molar-refractivity contribution in [3.63, 3.8) is 0 Å². The molecule has 0 radical (unpaired) electrons. The van der Waals surface area contributed by atoms with Gasteiger partial charge in [0.2, 0.25) is 17.7 Å². The van der Waals surface area contributed by atoms with Crippen molar-refractivity contribution >= 4 is 11.8 Å². The zero-order valence-corrected chi connectivity index (χ0v) is 11.8. The summed E-state index contributed by atoms with van der Waals surface area (Å²) in [4.78, 5) is 28.6. The predicted octanol–water partition coefficient (Wildman–Crippen LogP) is 0.506. The van der Waals surface area contributed by atoms with Crippen LogP contribution in [0.15, 0.2) is 18.2 Å². The zero-order chi connectivity index (χ0) is 14.5. The lowest BCUT2D eigenvalue weighted by Gasteiger charge is -2.17. The van der Waals surface area contributed by atoms with E-state index in [2.05, 4.69) is 10.3 Å². The molecular formula is C14H19N3O3. The van der Waals surface area contributed by atoms with Crippen molar-refractivity contribution < 1.29 is 14.3 Å². The minimum absolute atomic E-state index is 0.0365. The number of pyridine rings is 1. The molecule has 1 aromatic heterocycles. The average Bonchev–Trinajstić information content (AvgIpc) is 2.84. The molecule has 2 rings (SSSR count). The summed E-state index contributed by atoms with van der Waals surface area (Å²) in [6, 6.07) is 5.62. The molecular weight excluding hydrogens is 258 g/mol. The molecule has 20 heavy (non-hydrogen) atoms. The molecule has 2 heterocycles. The van der Waals surface area contributed by atoms with Crippen LogP contribution in [0.25, 0.3) is 0 Å². The van der Waals surface area contributed by atoms with E-state index in [9.17, 15) is 9.59 Å². The molecule has 6 nitrogen and oxygen atoms in total. The molecule has 6 heteroatoms. The van der Waals surface area contributed by atoms with Crippen molar-refractivity contribution in [2.45, 2.75) is 26.4 Å². The first kappa shape index (κ1) is 14.3. The topological polar surface area (TPSA) is 71.5 Å². The molecule has 1 aliphatic heterocycles. The number of hydrogen-bond donors (Lipinski definition) is 1. The van der Waals surface area contributed by atoms with Crippen LogP contribution in [-0.4, -0.2) is 47.4 Å². The smallest absolute Gasteiger partial charge is 0.242 e. The van der Waals surface area contributed by atoms with Crippen molar-refractivity contribution in [1.29, 1.82) is 0 Å². The van der Waals surface area contributed by atoms with E-state index >= 15 is 0 Å². The number of aryl methyl sites for hydroxylation is 1. The summed E-state index contributed by atoms with van der Waals surface area (Å²) in [7, 11) is 0. The molecule has 1 aromatic rings. The van der Waals surface area contributed by atoms with Crippen LogP contribution in [0.2, 0.25) is 0 Å². The fourth-order valence-corrected chi connectivity index (χ4v) is 2.12. The van der Waals surface area contributed by atoms with Crippen LogP contribution >= 0.6 is 0 Å². The van der Waals surface area contributed by atoms with E-state index in [-0.39, 0.29) is 24.5 Å². The van der Waals surface area contributed by atoms with Gasteiger partial charge in [0.1, 0.15) is 6.10 Å². The van der Waals surface area contributed by atoms with Gasteiger partial charge < -0.3 is 15.0 Å². The molecule has 0 saturated carbocycles. The van der Waals surface area contributed by atoms with Crippen molar-refractivity contribution in [2.75, 3.05) is 19.6 Å². The average molecular weight is 277 g/mol. The number of nitrogens with zero attached hydrogens (tertiary/aromatic N) is 2. The van der Waals surface area contributed by atoms with E-state index in [1.807, 2.05) is 25.1 Å². The molecule has 0 spiro atoms. The third-order valence-electron chi connectivity index (χ3n) is 3.14. The van der Waals surface area contributed by atoms with Crippen LogP contribution in [0.1, 0.15) is 19.0 Å². The molecule has 1 N–H and O–H groups in total. The Labute approximate surface area is 118 Å². The maximum absolute atomic E-state index is 11.8. The Hall–Kier alpha value is -2.11. The molecule has 0 unspecified atom stereocenters. The molecule has 1 fully saturated rings. The van der Waals surface area contributed by atoms with Gasteiger partial charge in [0.25, 0.3) is 0 Å². The second kappa shape index (κ2) is 6.36. The van der Waals surface area contributed by atoms with Gasteiger partial charge in [-0.2, -0.15) is 0 Å². The van der Waals surface area contributed by atoms with Crippen LogP contribution in [0.3, 0.4) is 0 Å². The van der Waals surface area contributed by atoms with Crippen LogP contribution < -0.4 is 10.1 Å². The fourth-order valence-electron chi connectivity index (χ4n) is 2.12. The monoisotopic (exact) mass is 277 g/mol. The van der Waals surface area contributed by atoms with Crippen molar-refractivity contribution in [3.05, 3.63) is 23.9 Å². The highest BCUT2D eigenvalue weighted by Gasteiger charge is 2.27. The normalized spacial score (nSPS) is 17.9. The summed E-state index contributed by atoms with van der Waals surface area (Å²) in [5.74, 6) is 0.309. The van der Waals surface area contributed by atoms with Crippen molar-refractivity contribution in [3.8, 4) is 5.88 Å². The van der Waals surface area contributed by atoms with Gasteiger partial charge in [-0.1, -0.05) is 6.07 Å². The van der Waals surface area contributed by atoms with Crippen molar-refractivity contribution in [1.82, 2.24) is 15.2 Å². The van der Waals surface area contributed by atoms with Gasteiger partial charge in [-0.15, -0.1) is 0 Å². The number of aromatic nitrogens is 1. The third-order valence-corrected chi connectivity index (χ3v) is 3.14.